The summed E-state index contributed by atoms with van der Waals surface area (Å²) < 4.78 is 0. The van der Waals surface area contributed by atoms with Gasteiger partial charge in [0.15, 0.2) is 0 Å². The highest BCUT2D eigenvalue weighted by Gasteiger charge is 2.27. The Labute approximate surface area is 223 Å². The van der Waals surface area contributed by atoms with Crippen LogP contribution in [0, 0.1) is 0 Å². The minimum absolute atomic E-state index is 0.0142. The van der Waals surface area contributed by atoms with Crippen molar-refractivity contribution in [1.29, 1.82) is 0 Å². The summed E-state index contributed by atoms with van der Waals surface area (Å²) in [5, 5.41) is 12.3. The molecule has 1 rings (SSSR count). The van der Waals surface area contributed by atoms with Gasteiger partial charge in [-0.15, -0.1) is 0 Å². The van der Waals surface area contributed by atoms with Gasteiger partial charge in [-0.1, -0.05) is 129 Å². The fraction of sp³-hybridized carbons (Fsp3) is 0.933. The monoisotopic (exact) mass is 508 g/mol. The maximum absolute atomic E-state index is 12.4. The van der Waals surface area contributed by atoms with Gasteiger partial charge in [-0.05, 0) is 25.7 Å². The number of amides is 4. The SMILES string of the molecule is CCCCCCCCCCCNC(=O)NC1CCCC[C@H]1NC(=O)NCCCCCCCCCCC. The van der Waals surface area contributed by atoms with Crippen LogP contribution in [0.3, 0.4) is 0 Å². The molecule has 0 aromatic heterocycles. The van der Waals surface area contributed by atoms with Crippen LogP contribution in [0.2, 0.25) is 0 Å². The Morgan fingerprint density at radius 3 is 1.14 bits per heavy atom. The van der Waals surface area contributed by atoms with Crippen LogP contribution in [0.15, 0.2) is 0 Å². The number of urea groups is 2. The molecule has 0 aromatic carbocycles. The van der Waals surface area contributed by atoms with Gasteiger partial charge in [0.1, 0.15) is 0 Å². The first kappa shape index (κ1) is 32.6. The molecular weight excluding hydrogens is 448 g/mol. The van der Waals surface area contributed by atoms with E-state index in [1.807, 2.05) is 0 Å². The number of unbranched alkanes of at least 4 members (excludes halogenated alkanes) is 16. The van der Waals surface area contributed by atoms with Crippen molar-refractivity contribution >= 4 is 12.1 Å². The molecule has 0 spiro atoms. The van der Waals surface area contributed by atoms with Gasteiger partial charge in [0.2, 0.25) is 0 Å². The van der Waals surface area contributed by atoms with E-state index in [4.69, 9.17) is 0 Å². The Kier molecular flexibility index (Phi) is 21.6. The smallest absolute Gasteiger partial charge is 0.315 e. The number of hydrogen-bond acceptors (Lipinski definition) is 2. The van der Waals surface area contributed by atoms with Gasteiger partial charge in [0, 0.05) is 13.1 Å². The molecule has 212 valence electrons. The average molecular weight is 509 g/mol. The molecule has 0 heterocycles. The molecule has 0 aromatic rings. The molecule has 0 saturated heterocycles. The van der Waals surface area contributed by atoms with Crippen LogP contribution < -0.4 is 21.3 Å². The lowest BCUT2D eigenvalue weighted by molar-refractivity contribution is 0.213. The van der Waals surface area contributed by atoms with Crippen LogP contribution in [-0.4, -0.2) is 37.2 Å². The second-order valence-electron chi connectivity index (χ2n) is 11.0. The zero-order valence-electron chi connectivity index (χ0n) is 23.9. The van der Waals surface area contributed by atoms with E-state index >= 15 is 0 Å². The summed E-state index contributed by atoms with van der Waals surface area (Å²) in [4.78, 5) is 24.8. The second kappa shape index (κ2) is 23.9. The number of carbonyl (C=O) groups excluding carboxylic acids is 2. The fourth-order valence-electron chi connectivity index (χ4n) is 5.19. The number of carbonyl (C=O) groups is 2. The molecule has 0 radical (unpaired) electrons. The van der Waals surface area contributed by atoms with E-state index < -0.39 is 0 Å². The van der Waals surface area contributed by atoms with E-state index in [1.165, 1.54) is 103 Å². The van der Waals surface area contributed by atoms with Crippen LogP contribution in [0.5, 0.6) is 0 Å². The topological polar surface area (TPSA) is 82.3 Å². The lowest BCUT2D eigenvalue weighted by Gasteiger charge is -2.32. The van der Waals surface area contributed by atoms with E-state index in [0.29, 0.717) is 0 Å². The van der Waals surface area contributed by atoms with Gasteiger partial charge in [0.25, 0.3) is 0 Å². The predicted molar refractivity (Wildman–Crippen MR) is 154 cm³/mol. The normalized spacial score (nSPS) is 17.5. The molecule has 1 unspecified atom stereocenters. The molecule has 1 fully saturated rings. The van der Waals surface area contributed by atoms with Gasteiger partial charge in [0.05, 0.1) is 12.1 Å². The van der Waals surface area contributed by atoms with Crippen molar-refractivity contribution in [1.82, 2.24) is 21.3 Å². The number of nitrogens with one attached hydrogen (secondary N) is 4. The Balaban J connectivity index is 2.07. The summed E-state index contributed by atoms with van der Waals surface area (Å²) in [7, 11) is 0. The summed E-state index contributed by atoms with van der Waals surface area (Å²) in [6.45, 7) is 5.97. The van der Waals surface area contributed by atoms with Crippen molar-refractivity contribution in [3.05, 3.63) is 0 Å². The first-order valence-corrected chi connectivity index (χ1v) is 15.8. The molecular formula is C30H60N4O2. The first-order valence-electron chi connectivity index (χ1n) is 15.8. The Morgan fingerprint density at radius 2 is 0.806 bits per heavy atom. The zero-order valence-corrected chi connectivity index (χ0v) is 23.9. The van der Waals surface area contributed by atoms with E-state index in [1.54, 1.807) is 0 Å². The summed E-state index contributed by atoms with van der Waals surface area (Å²) in [5.74, 6) is 0. The molecule has 36 heavy (non-hydrogen) atoms. The second-order valence-corrected chi connectivity index (χ2v) is 11.0. The third-order valence-electron chi connectivity index (χ3n) is 7.53. The van der Waals surface area contributed by atoms with E-state index in [0.717, 1.165) is 51.6 Å². The lowest BCUT2D eigenvalue weighted by atomic mass is 9.90. The largest absolute Gasteiger partial charge is 0.338 e. The van der Waals surface area contributed by atoms with Crippen LogP contribution in [0.4, 0.5) is 9.59 Å². The Morgan fingerprint density at radius 1 is 0.500 bits per heavy atom. The third-order valence-corrected chi connectivity index (χ3v) is 7.53. The quantitative estimate of drug-likeness (QED) is 0.112. The minimum Gasteiger partial charge on any atom is -0.338 e. The molecule has 1 saturated carbocycles. The third kappa shape index (κ3) is 18.8. The molecule has 2 atom stereocenters. The molecule has 4 amide bonds. The standard InChI is InChI=1S/C30H60N4O2/c1-3-5-7-9-11-13-15-17-21-25-31-29(35)33-27-23-19-20-24-28(27)34-30(36)32-26-22-18-16-14-12-10-8-6-4-2/h27-28H,3-26H2,1-2H3,(H2,31,33,35)(H2,32,34,36)/t27-,28?/m1/s1. The van der Waals surface area contributed by atoms with Gasteiger partial charge in [-0.2, -0.15) is 0 Å². The van der Waals surface area contributed by atoms with Gasteiger partial charge in [-0.3, -0.25) is 0 Å². The molecule has 1 aliphatic rings. The van der Waals surface area contributed by atoms with Gasteiger partial charge >= 0.3 is 12.1 Å². The van der Waals surface area contributed by atoms with Crippen molar-refractivity contribution in [2.45, 2.75) is 167 Å². The highest BCUT2D eigenvalue weighted by molar-refractivity contribution is 5.75. The van der Waals surface area contributed by atoms with Crippen molar-refractivity contribution in [3.8, 4) is 0 Å². The van der Waals surface area contributed by atoms with E-state index in [-0.39, 0.29) is 24.1 Å². The molecule has 6 nitrogen and oxygen atoms in total. The molecule has 4 N–H and O–H groups in total. The zero-order chi connectivity index (χ0) is 26.1. The fourth-order valence-corrected chi connectivity index (χ4v) is 5.19. The van der Waals surface area contributed by atoms with E-state index in [9.17, 15) is 9.59 Å². The molecule has 1 aliphatic carbocycles. The highest BCUT2D eigenvalue weighted by Crippen LogP contribution is 2.18. The van der Waals surface area contributed by atoms with Crippen LogP contribution in [0.25, 0.3) is 0 Å². The van der Waals surface area contributed by atoms with Crippen LogP contribution in [0.1, 0.15) is 155 Å². The molecule has 0 bridgehead atoms. The summed E-state index contributed by atoms with van der Waals surface area (Å²) in [5.41, 5.74) is 0. The average Bonchev–Trinajstić information content (AvgIpc) is 2.87. The first-order chi connectivity index (χ1) is 17.7. The van der Waals surface area contributed by atoms with Crippen molar-refractivity contribution in [3.63, 3.8) is 0 Å². The summed E-state index contributed by atoms with van der Waals surface area (Å²) in [6.07, 6.45) is 27.1. The highest BCUT2D eigenvalue weighted by atomic mass is 16.2. The molecule has 6 heteroatoms. The lowest BCUT2D eigenvalue weighted by Crippen LogP contribution is -2.56. The minimum atomic E-state index is -0.0941. The van der Waals surface area contributed by atoms with Gasteiger partial charge < -0.3 is 21.3 Å². The predicted octanol–water partition coefficient (Wildman–Crippen LogP) is 7.96. The van der Waals surface area contributed by atoms with Crippen LogP contribution >= 0.6 is 0 Å². The number of rotatable bonds is 22. The van der Waals surface area contributed by atoms with Crippen LogP contribution in [-0.2, 0) is 0 Å². The van der Waals surface area contributed by atoms with Crippen molar-refractivity contribution < 1.29 is 9.59 Å². The van der Waals surface area contributed by atoms with E-state index in [2.05, 4.69) is 35.1 Å². The van der Waals surface area contributed by atoms with Crippen molar-refractivity contribution in [2.24, 2.45) is 0 Å². The molecule has 0 aliphatic heterocycles. The van der Waals surface area contributed by atoms with Crippen molar-refractivity contribution in [2.75, 3.05) is 13.1 Å². The Bertz CT molecular complexity index is 483. The summed E-state index contributed by atoms with van der Waals surface area (Å²) in [6, 6.07) is -0.160. The maximum Gasteiger partial charge on any atom is 0.315 e. The van der Waals surface area contributed by atoms with Gasteiger partial charge in [-0.25, -0.2) is 9.59 Å². The Hall–Kier alpha value is -1.46. The summed E-state index contributed by atoms with van der Waals surface area (Å²) >= 11 is 0. The number of hydrogen-bond donors (Lipinski definition) is 4. The maximum atomic E-state index is 12.4.